The summed E-state index contributed by atoms with van der Waals surface area (Å²) in [7, 11) is 1.47. The number of ether oxygens (including phenoxy) is 1. The molecule has 7 nitrogen and oxygen atoms in total. The molecule has 0 aliphatic rings. The van der Waals surface area contributed by atoms with Crippen LogP contribution in [-0.4, -0.2) is 28.4 Å². The second kappa shape index (κ2) is 6.40. The van der Waals surface area contributed by atoms with Crippen LogP contribution in [0.25, 0.3) is 0 Å². The molecule has 21 heavy (non-hydrogen) atoms. The second-order valence-electron chi connectivity index (χ2n) is 4.13. The van der Waals surface area contributed by atoms with Gasteiger partial charge in [-0.3, -0.25) is 9.78 Å². The van der Waals surface area contributed by atoms with Crippen LogP contribution in [0.4, 0.5) is 5.95 Å². The Morgan fingerprint density at radius 2 is 2.29 bits per heavy atom. The third-order valence-electron chi connectivity index (χ3n) is 2.57. The Labute approximate surface area is 128 Å². The number of halogens is 1. The van der Waals surface area contributed by atoms with Gasteiger partial charge in [0.1, 0.15) is 0 Å². The normalized spacial score (nSPS) is 10.8. The van der Waals surface area contributed by atoms with Crippen LogP contribution in [0.5, 0.6) is 11.5 Å². The van der Waals surface area contributed by atoms with E-state index in [1.54, 1.807) is 19.1 Å². The topological polar surface area (TPSA) is 99.6 Å². The molecule has 0 fully saturated rings. The number of hydrogen-bond acceptors (Lipinski definition) is 6. The van der Waals surface area contributed by atoms with Gasteiger partial charge in [-0.05, 0) is 35.0 Å². The standard InChI is InChI=1S/C13H13BrN4O3/c1-7-5-10(19)17-13(16-7)18-15-6-8-3-4-9(21-2)12(20)11(8)14/h3-6,20H,1-2H3,(H2,16,17,18,19)/b15-6-. The van der Waals surface area contributed by atoms with Crippen LogP contribution in [-0.2, 0) is 0 Å². The fourth-order valence-electron chi connectivity index (χ4n) is 1.62. The SMILES string of the molecule is COc1ccc(/C=N\Nc2nc(C)cc(=O)[nH]2)c(Br)c1O. The van der Waals surface area contributed by atoms with Crippen LogP contribution in [0.15, 0.2) is 32.6 Å². The van der Waals surface area contributed by atoms with E-state index in [4.69, 9.17) is 4.74 Å². The highest BCUT2D eigenvalue weighted by molar-refractivity contribution is 9.10. The van der Waals surface area contributed by atoms with E-state index in [1.807, 2.05) is 0 Å². The first-order valence-corrected chi connectivity index (χ1v) is 6.73. The van der Waals surface area contributed by atoms with Crippen LogP contribution >= 0.6 is 15.9 Å². The molecule has 0 spiro atoms. The number of hydrazone groups is 1. The van der Waals surface area contributed by atoms with E-state index in [0.29, 0.717) is 21.5 Å². The van der Waals surface area contributed by atoms with E-state index in [0.717, 1.165) is 0 Å². The summed E-state index contributed by atoms with van der Waals surface area (Å²) in [6.45, 7) is 1.71. The third kappa shape index (κ3) is 3.60. The summed E-state index contributed by atoms with van der Waals surface area (Å²) >= 11 is 3.26. The molecule has 0 saturated heterocycles. The Morgan fingerprint density at radius 1 is 1.52 bits per heavy atom. The minimum atomic E-state index is -0.261. The smallest absolute Gasteiger partial charge is 0.252 e. The summed E-state index contributed by atoms with van der Waals surface area (Å²) in [5.41, 5.74) is 3.58. The van der Waals surface area contributed by atoms with Crippen molar-refractivity contribution in [3.63, 3.8) is 0 Å². The van der Waals surface area contributed by atoms with Crippen molar-refractivity contribution in [1.82, 2.24) is 9.97 Å². The maximum atomic E-state index is 11.3. The quantitative estimate of drug-likeness (QED) is 0.577. The van der Waals surface area contributed by atoms with Gasteiger partial charge in [0.25, 0.3) is 5.56 Å². The monoisotopic (exact) mass is 352 g/mol. The van der Waals surface area contributed by atoms with Gasteiger partial charge in [-0.15, -0.1) is 0 Å². The van der Waals surface area contributed by atoms with E-state index in [2.05, 4.69) is 36.4 Å². The molecular formula is C13H13BrN4O3. The molecule has 3 N–H and O–H groups in total. The minimum absolute atomic E-state index is 0.0106. The number of phenolic OH excluding ortho intramolecular Hbond substituents is 1. The van der Waals surface area contributed by atoms with E-state index >= 15 is 0 Å². The van der Waals surface area contributed by atoms with E-state index in [1.165, 1.54) is 19.4 Å². The fourth-order valence-corrected chi connectivity index (χ4v) is 2.05. The number of aromatic amines is 1. The van der Waals surface area contributed by atoms with Gasteiger partial charge in [0.2, 0.25) is 5.95 Å². The zero-order valence-electron chi connectivity index (χ0n) is 11.3. The number of aryl methyl sites for hydroxylation is 1. The molecule has 1 aromatic heterocycles. The lowest BCUT2D eigenvalue weighted by Gasteiger charge is -2.07. The summed E-state index contributed by atoms with van der Waals surface area (Å²) in [5.74, 6) is 0.588. The largest absolute Gasteiger partial charge is 0.503 e. The van der Waals surface area contributed by atoms with Gasteiger partial charge in [0, 0.05) is 17.3 Å². The summed E-state index contributed by atoms with van der Waals surface area (Å²) in [4.78, 5) is 17.8. The lowest BCUT2D eigenvalue weighted by Crippen LogP contribution is -2.10. The van der Waals surface area contributed by atoms with Gasteiger partial charge in [0.15, 0.2) is 11.5 Å². The summed E-state index contributed by atoms with van der Waals surface area (Å²) in [5, 5.41) is 13.8. The van der Waals surface area contributed by atoms with Gasteiger partial charge in [-0.25, -0.2) is 10.4 Å². The zero-order valence-corrected chi connectivity index (χ0v) is 12.9. The van der Waals surface area contributed by atoms with Crippen molar-refractivity contribution in [3.05, 3.63) is 44.3 Å². The van der Waals surface area contributed by atoms with Crippen molar-refractivity contribution in [2.45, 2.75) is 6.92 Å². The second-order valence-corrected chi connectivity index (χ2v) is 4.92. The van der Waals surface area contributed by atoms with Crippen molar-refractivity contribution in [3.8, 4) is 11.5 Å². The third-order valence-corrected chi connectivity index (χ3v) is 3.41. The zero-order chi connectivity index (χ0) is 15.4. The maximum Gasteiger partial charge on any atom is 0.252 e. The Kier molecular flexibility index (Phi) is 4.59. The molecule has 1 aromatic carbocycles. The molecule has 2 rings (SSSR count). The van der Waals surface area contributed by atoms with Gasteiger partial charge in [0.05, 0.1) is 17.8 Å². The van der Waals surface area contributed by atoms with Crippen molar-refractivity contribution in [2.24, 2.45) is 5.10 Å². The molecule has 0 bridgehead atoms. The predicted octanol–water partition coefficient (Wildman–Crippen LogP) is 2.00. The molecule has 110 valence electrons. The van der Waals surface area contributed by atoms with Gasteiger partial charge in [-0.1, -0.05) is 0 Å². The number of rotatable bonds is 4. The molecule has 1 heterocycles. The predicted molar refractivity (Wildman–Crippen MR) is 83.2 cm³/mol. The Bertz CT molecular complexity index is 743. The molecule has 0 saturated carbocycles. The molecule has 0 radical (unpaired) electrons. The molecule has 0 aliphatic carbocycles. The Morgan fingerprint density at radius 3 is 2.95 bits per heavy atom. The molecule has 0 atom stereocenters. The van der Waals surface area contributed by atoms with Crippen LogP contribution in [0.1, 0.15) is 11.3 Å². The molecule has 0 amide bonds. The maximum absolute atomic E-state index is 11.3. The van der Waals surface area contributed by atoms with Crippen LogP contribution in [0.2, 0.25) is 0 Å². The summed E-state index contributed by atoms with van der Waals surface area (Å²) in [6.07, 6.45) is 1.48. The highest BCUT2D eigenvalue weighted by atomic mass is 79.9. The molecule has 0 aliphatic heterocycles. The van der Waals surface area contributed by atoms with Crippen molar-refractivity contribution < 1.29 is 9.84 Å². The lowest BCUT2D eigenvalue weighted by molar-refractivity contribution is 0.372. The fraction of sp³-hybridized carbons (Fsp3) is 0.154. The first-order valence-electron chi connectivity index (χ1n) is 5.93. The number of anilines is 1. The number of hydrogen-bond donors (Lipinski definition) is 3. The van der Waals surface area contributed by atoms with Gasteiger partial charge >= 0.3 is 0 Å². The molecule has 8 heteroatoms. The Balaban J connectivity index is 2.18. The summed E-state index contributed by atoms with van der Waals surface area (Å²) < 4.78 is 5.45. The number of nitrogens with zero attached hydrogens (tertiary/aromatic N) is 2. The van der Waals surface area contributed by atoms with Crippen LogP contribution < -0.4 is 15.7 Å². The van der Waals surface area contributed by atoms with E-state index in [9.17, 15) is 9.90 Å². The highest BCUT2D eigenvalue weighted by Gasteiger charge is 2.09. The average molecular weight is 353 g/mol. The number of aromatic hydroxyl groups is 1. The number of methoxy groups -OCH3 is 1. The number of aromatic nitrogens is 2. The van der Waals surface area contributed by atoms with Crippen LogP contribution in [0.3, 0.4) is 0 Å². The average Bonchev–Trinajstić information content (AvgIpc) is 2.43. The van der Waals surface area contributed by atoms with Gasteiger partial charge < -0.3 is 9.84 Å². The minimum Gasteiger partial charge on any atom is -0.503 e. The van der Waals surface area contributed by atoms with Crippen LogP contribution in [0, 0.1) is 6.92 Å². The lowest BCUT2D eigenvalue weighted by atomic mass is 10.2. The first kappa shape index (κ1) is 15.0. The highest BCUT2D eigenvalue weighted by Crippen LogP contribution is 2.35. The van der Waals surface area contributed by atoms with E-state index < -0.39 is 0 Å². The number of benzene rings is 1. The summed E-state index contributed by atoms with van der Waals surface area (Å²) in [6, 6.07) is 4.72. The number of phenols is 1. The number of H-pyrrole nitrogens is 1. The molecular weight excluding hydrogens is 340 g/mol. The number of nitrogens with one attached hydrogen (secondary N) is 2. The van der Waals surface area contributed by atoms with Gasteiger partial charge in [-0.2, -0.15) is 5.10 Å². The Hall–Kier alpha value is -2.35. The first-order chi connectivity index (χ1) is 10.0. The molecule has 0 unspecified atom stereocenters. The molecule has 2 aromatic rings. The van der Waals surface area contributed by atoms with Crippen molar-refractivity contribution >= 4 is 28.1 Å². The van der Waals surface area contributed by atoms with E-state index in [-0.39, 0.29) is 17.3 Å². The van der Waals surface area contributed by atoms with Crippen molar-refractivity contribution in [2.75, 3.05) is 12.5 Å². The van der Waals surface area contributed by atoms with Crippen molar-refractivity contribution in [1.29, 1.82) is 0 Å².